The molecule has 1 heterocycles. The van der Waals surface area contributed by atoms with Crippen molar-refractivity contribution in [2.75, 3.05) is 0 Å². The molecule has 0 atom stereocenters. The minimum Gasteiger partial charge on any atom is -0.477 e. The molecule has 0 bridgehead atoms. The zero-order chi connectivity index (χ0) is 12.8. The number of aliphatic carboxylic acids is 1. The third-order valence-corrected chi connectivity index (χ3v) is 2.59. The molecule has 0 aromatic carbocycles. The molecule has 0 aliphatic heterocycles. The molecule has 0 saturated heterocycles. The molecule has 0 spiro atoms. The molecule has 1 N–H and O–H groups in total. The molecule has 1 rings (SSSR count). The normalized spacial score (nSPS) is 11.4. The number of rotatable bonds is 4. The van der Waals surface area contributed by atoms with E-state index < -0.39 is 16.5 Å². The van der Waals surface area contributed by atoms with Crippen molar-refractivity contribution in [3.8, 4) is 6.07 Å². The van der Waals surface area contributed by atoms with Gasteiger partial charge in [0.2, 0.25) is 0 Å². The number of thiophene rings is 1. The lowest BCUT2D eigenvalue weighted by Crippen LogP contribution is -1.96. The maximum Gasteiger partial charge on any atom is 0.346 e. The van der Waals surface area contributed by atoms with Crippen molar-refractivity contribution < 1.29 is 14.8 Å². The van der Waals surface area contributed by atoms with E-state index in [1.807, 2.05) is 0 Å². The summed E-state index contributed by atoms with van der Waals surface area (Å²) in [6.45, 7) is 0. The monoisotopic (exact) mass is 250 g/mol. The Bertz CT molecular complexity index is 551. The number of nitrogens with zero attached hydrogens (tertiary/aromatic N) is 2. The van der Waals surface area contributed by atoms with Crippen LogP contribution < -0.4 is 0 Å². The van der Waals surface area contributed by atoms with Gasteiger partial charge in [0, 0.05) is 11.4 Å². The smallest absolute Gasteiger partial charge is 0.346 e. The molecule has 86 valence electrons. The number of nitro groups is 1. The average molecular weight is 250 g/mol. The minimum atomic E-state index is -1.31. The topological polar surface area (TPSA) is 104 Å². The van der Waals surface area contributed by atoms with Crippen LogP contribution in [-0.2, 0) is 4.79 Å². The van der Waals surface area contributed by atoms with Gasteiger partial charge in [-0.05, 0) is 11.6 Å². The molecule has 0 amide bonds. The molecule has 7 heteroatoms. The van der Waals surface area contributed by atoms with Crippen LogP contribution in [0.5, 0.6) is 0 Å². The molecule has 0 aliphatic carbocycles. The van der Waals surface area contributed by atoms with Crippen LogP contribution in [0.25, 0.3) is 6.08 Å². The van der Waals surface area contributed by atoms with Crippen LogP contribution in [0.2, 0.25) is 0 Å². The molecule has 1 aromatic heterocycles. The van der Waals surface area contributed by atoms with E-state index in [0.717, 1.165) is 17.4 Å². The molecule has 6 nitrogen and oxygen atoms in total. The molecule has 0 fully saturated rings. The Balaban J connectivity index is 2.81. The maximum atomic E-state index is 10.5. The van der Waals surface area contributed by atoms with Gasteiger partial charge in [0.05, 0.1) is 4.92 Å². The third-order valence-electron chi connectivity index (χ3n) is 1.69. The number of carboxylic acids is 1. The van der Waals surface area contributed by atoms with E-state index in [1.54, 1.807) is 5.38 Å². The molecule has 0 saturated carbocycles. The van der Waals surface area contributed by atoms with E-state index in [0.29, 0.717) is 5.56 Å². The van der Waals surface area contributed by atoms with Gasteiger partial charge in [0.15, 0.2) is 0 Å². The zero-order valence-electron chi connectivity index (χ0n) is 8.36. The van der Waals surface area contributed by atoms with E-state index in [2.05, 4.69) is 0 Å². The van der Waals surface area contributed by atoms with Crippen LogP contribution in [-0.4, -0.2) is 16.0 Å². The first-order valence-electron chi connectivity index (χ1n) is 4.29. The fourth-order valence-corrected chi connectivity index (χ4v) is 1.63. The largest absolute Gasteiger partial charge is 0.477 e. The number of carbonyl (C=O) groups is 1. The fraction of sp³-hybridized carbons (Fsp3) is 0. The molecular formula is C10H6N2O4S. The van der Waals surface area contributed by atoms with Gasteiger partial charge in [-0.25, -0.2) is 4.79 Å². The highest BCUT2D eigenvalue weighted by atomic mass is 32.1. The SMILES string of the molecule is N#CC(=CC=Cc1csc([N+](=O)[O-])c1)C(=O)O. The number of nitriles is 1. The van der Waals surface area contributed by atoms with Crippen LogP contribution in [0.1, 0.15) is 5.56 Å². The van der Waals surface area contributed by atoms with Crippen LogP contribution in [0, 0.1) is 21.4 Å². The Morgan fingerprint density at radius 1 is 1.65 bits per heavy atom. The standard InChI is InChI=1S/C10H6N2O4S/c11-5-8(10(13)14)3-1-2-7-4-9(12(15)16)17-6-7/h1-4,6H,(H,13,14). The number of hydrogen-bond acceptors (Lipinski definition) is 5. The Morgan fingerprint density at radius 2 is 2.35 bits per heavy atom. The van der Waals surface area contributed by atoms with Crippen molar-refractivity contribution in [3.63, 3.8) is 0 Å². The maximum absolute atomic E-state index is 10.5. The molecule has 0 aliphatic rings. The highest BCUT2D eigenvalue weighted by molar-refractivity contribution is 7.13. The Hall–Kier alpha value is -2.46. The number of hydrogen-bond donors (Lipinski definition) is 1. The summed E-state index contributed by atoms with van der Waals surface area (Å²) in [6.07, 6.45) is 3.98. The first-order valence-corrected chi connectivity index (χ1v) is 5.17. The Morgan fingerprint density at radius 3 is 2.82 bits per heavy atom. The summed E-state index contributed by atoms with van der Waals surface area (Å²) in [5, 5.41) is 28.9. The van der Waals surface area contributed by atoms with Crippen molar-refractivity contribution >= 4 is 28.4 Å². The number of allylic oxidation sites excluding steroid dienone is 2. The van der Waals surface area contributed by atoms with E-state index >= 15 is 0 Å². The summed E-state index contributed by atoms with van der Waals surface area (Å²) in [6, 6.07) is 2.88. The highest BCUT2D eigenvalue weighted by Gasteiger charge is 2.07. The Kier molecular flexibility index (Phi) is 4.14. The summed E-state index contributed by atoms with van der Waals surface area (Å²) in [5.74, 6) is -1.31. The van der Waals surface area contributed by atoms with Gasteiger partial charge in [0.25, 0.3) is 0 Å². The van der Waals surface area contributed by atoms with E-state index in [9.17, 15) is 14.9 Å². The predicted octanol–water partition coefficient (Wildman–Crippen LogP) is 2.20. The van der Waals surface area contributed by atoms with Gasteiger partial charge in [-0.1, -0.05) is 23.5 Å². The second kappa shape index (κ2) is 5.58. The quantitative estimate of drug-likeness (QED) is 0.290. The summed E-state index contributed by atoms with van der Waals surface area (Å²) in [4.78, 5) is 20.3. The van der Waals surface area contributed by atoms with Crippen molar-refractivity contribution in [1.82, 2.24) is 0 Å². The summed E-state index contributed by atoms with van der Waals surface area (Å²) < 4.78 is 0. The first kappa shape index (κ1) is 12.6. The Labute approximate surface area is 99.9 Å². The number of carboxylic acid groups (broad SMARTS) is 1. The van der Waals surface area contributed by atoms with Gasteiger partial charge in [-0.3, -0.25) is 10.1 Å². The summed E-state index contributed by atoms with van der Waals surface area (Å²) in [7, 11) is 0. The van der Waals surface area contributed by atoms with Gasteiger partial charge in [-0.15, -0.1) is 0 Å². The van der Waals surface area contributed by atoms with Crippen LogP contribution >= 0.6 is 11.3 Å². The molecule has 1 aromatic rings. The van der Waals surface area contributed by atoms with Gasteiger partial charge in [-0.2, -0.15) is 5.26 Å². The summed E-state index contributed by atoms with van der Waals surface area (Å²) >= 11 is 0.976. The minimum absolute atomic E-state index is 0.00682. The van der Waals surface area contributed by atoms with Crippen LogP contribution in [0.15, 0.2) is 29.2 Å². The molecule has 0 radical (unpaired) electrons. The summed E-state index contributed by atoms with van der Waals surface area (Å²) in [5.41, 5.74) is 0.187. The van der Waals surface area contributed by atoms with Crippen molar-refractivity contribution in [3.05, 3.63) is 44.8 Å². The van der Waals surface area contributed by atoms with Crippen molar-refractivity contribution in [2.24, 2.45) is 0 Å². The predicted molar refractivity (Wildman–Crippen MR) is 61.3 cm³/mol. The van der Waals surface area contributed by atoms with Crippen LogP contribution in [0.3, 0.4) is 0 Å². The van der Waals surface area contributed by atoms with E-state index in [1.165, 1.54) is 24.3 Å². The van der Waals surface area contributed by atoms with Crippen molar-refractivity contribution in [2.45, 2.75) is 0 Å². The highest BCUT2D eigenvalue weighted by Crippen LogP contribution is 2.23. The lowest BCUT2D eigenvalue weighted by Gasteiger charge is -1.85. The molecule has 0 unspecified atom stereocenters. The van der Waals surface area contributed by atoms with Gasteiger partial charge >= 0.3 is 11.0 Å². The first-order chi connectivity index (χ1) is 8.04. The van der Waals surface area contributed by atoms with E-state index in [-0.39, 0.29) is 5.00 Å². The van der Waals surface area contributed by atoms with Crippen molar-refractivity contribution in [1.29, 1.82) is 5.26 Å². The zero-order valence-corrected chi connectivity index (χ0v) is 9.18. The molecule has 17 heavy (non-hydrogen) atoms. The second-order valence-electron chi connectivity index (χ2n) is 2.83. The second-order valence-corrected chi connectivity index (χ2v) is 3.72. The van der Waals surface area contributed by atoms with E-state index in [4.69, 9.17) is 10.4 Å². The average Bonchev–Trinajstić information content (AvgIpc) is 2.72. The lowest BCUT2D eigenvalue weighted by atomic mass is 10.2. The fourth-order valence-electron chi connectivity index (χ4n) is 0.934. The molecular weight excluding hydrogens is 244 g/mol. The van der Waals surface area contributed by atoms with Crippen LogP contribution in [0.4, 0.5) is 5.00 Å². The third kappa shape index (κ3) is 3.55. The van der Waals surface area contributed by atoms with Gasteiger partial charge < -0.3 is 5.11 Å². The lowest BCUT2D eigenvalue weighted by molar-refractivity contribution is -0.380. The van der Waals surface area contributed by atoms with Gasteiger partial charge in [0.1, 0.15) is 11.6 Å².